The molecule has 3 aliphatic rings. The second-order valence-electron chi connectivity index (χ2n) is 12.2. The predicted octanol–water partition coefficient (Wildman–Crippen LogP) is 6.75. The number of rotatable bonds is 7. The molecule has 2 aliphatic heterocycles. The van der Waals surface area contributed by atoms with E-state index in [2.05, 4.69) is 26.1 Å². The lowest BCUT2D eigenvalue weighted by Gasteiger charge is -2.35. The molecule has 9 nitrogen and oxygen atoms in total. The van der Waals surface area contributed by atoms with E-state index in [0.29, 0.717) is 65.0 Å². The van der Waals surface area contributed by atoms with Crippen LogP contribution in [-0.4, -0.2) is 49.3 Å². The number of H-pyrrole nitrogens is 1. The standard InChI is InChI=1S/C32H28ClF4N7O2/c1-30(26-6-5-20(33)14-40-26)45-25-4-2-3-22(27(25)46-30)21-7-10-44(15-23(21)34)16-24-18(12-31(17-38)8-9-31)11-19(13-39-24)28-41-29(43-42-28)32(35,36)37/h2-6,11,13-14,21,23H,7-10,12,15-16H2,1H3,(H,41,42,43)/t21-,23+,30-/m1/s1. The summed E-state index contributed by atoms with van der Waals surface area (Å²) in [6, 6.07) is 13.0. The fourth-order valence-corrected chi connectivity index (χ4v) is 6.29. The van der Waals surface area contributed by atoms with Crippen LogP contribution in [0.25, 0.3) is 11.4 Å². The lowest BCUT2D eigenvalue weighted by Crippen LogP contribution is -2.40. The monoisotopic (exact) mass is 653 g/mol. The van der Waals surface area contributed by atoms with Gasteiger partial charge in [0.05, 0.1) is 22.2 Å². The van der Waals surface area contributed by atoms with Crippen LogP contribution in [0.5, 0.6) is 11.5 Å². The number of nitrogens with zero attached hydrogens (tertiary/aromatic N) is 6. The molecular formula is C32H28ClF4N7O2. The van der Waals surface area contributed by atoms with Crippen molar-refractivity contribution in [2.45, 2.75) is 63.2 Å². The summed E-state index contributed by atoms with van der Waals surface area (Å²) in [6.07, 6.45) is -0.608. The van der Waals surface area contributed by atoms with E-state index in [1.165, 1.54) is 12.4 Å². The van der Waals surface area contributed by atoms with E-state index < -0.39 is 35.3 Å². The minimum atomic E-state index is -4.66. The quantitative estimate of drug-likeness (QED) is 0.218. The van der Waals surface area contributed by atoms with Crippen molar-refractivity contribution in [1.82, 2.24) is 30.0 Å². The molecule has 3 atom stereocenters. The van der Waals surface area contributed by atoms with Gasteiger partial charge in [0.1, 0.15) is 11.9 Å². The highest BCUT2D eigenvalue weighted by atomic mass is 35.5. The Labute approximate surface area is 266 Å². The summed E-state index contributed by atoms with van der Waals surface area (Å²) >= 11 is 6.00. The molecule has 1 aromatic carbocycles. The summed E-state index contributed by atoms with van der Waals surface area (Å²) in [5.74, 6) is -1.95. The van der Waals surface area contributed by atoms with Crippen molar-refractivity contribution in [1.29, 1.82) is 5.26 Å². The van der Waals surface area contributed by atoms with Gasteiger partial charge in [0, 0.05) is 49.5 Å². The zero-order valence-corrected chi connectivity index (χ0v) is 25.4. The molecule has 5 heterocycles. The topological polar surface area (TPSA) is 113 Å². The van der Waals surface area contributed by atoms with Gasteiger partial charge in [-0.1, -0.05) is 23.7 Å². The van der Waals surface area contributed by atoms with E-state index >= 15 is 4.39 Å². The third-order valence-electron chi connectivity index (χ3n) is 8.89. The minimum Gasteiger partial charge on any atom is -0.443 e. The summed E-state index contributed by atoms with van der Waals surface area (Å²) < 4.78 is 67.8. The third-order valence-corrected chi connectivity index (χ3v) is 9.12. The SMILES string of the molecule is C[C@@]1(c2ccc(Cl)cn2)Oc2cccc([C@H]3CCN(Cc4ncc(-c5n[nH]c(C(F)(F)F)n5)cc4CC4(C#N)CC4)C[C@@H]3F)c2O1. The number of nitrogens with one attached hydrogen (secondary N) is 1. The Morgan fingerprint density at radius 3 is 2.65 bits per heavy atom. The fourth-order valence-electron chi connectivity index (χ4n) is 6.18. The van der Waals surface area contributed by atoms with Crippen LogP contribution in [0.2, 0.25) is 5.02 Å². The number of hydrogen-bond donors (Lipinski definition) is 1. The number of piperidine rings is 1. The smallest absolute Gasteiger partial charge is 0.443 e. The molecule has 1 saturated heterocycles. The van der Waals surface area contributed by atoms with Gasteiger partial charge in [0.25, 0.3) is 5.79 Å². The van der Waals surface area contributed by atoms with Crippen LogP contribution < -0.4 is 9.47 Å². The molecule has 0 bridgehead atoms. The molecule has 3 aromatic heterocycles. The van der Waals surface area contributed by atoms with Gasteiger partial charge >= 0.3 is 6.18 Å². The van der Waals surface area contributed by atoms with Gasteiger partial charge < -0.3 is 9.47 Å². The number of ether oxygens (including phenoxy) is 2. The first kappa shape index (κ1) is 30.4. The maximum absolute atomic E-state index is 16.0. The van der Waals surface area contributed by atoms with Crippen molar-refractivity contribution in [2.24, 2.45) is 5.41 Å². The van der Waals surface area contributed by atoms with Crippen LogP contribution in [0, 0.1) is 16.7 Å². The van der Waals surface area contributed by atoms with Crippen LogP contribution in [-0.2, 0) is 24.9 Å². The van der Waals surface area contributed by atoms with Crippen molar-refractivity contribution < 1.29 is 27.0 Å². The van der Waals surface area contributed by atoms with Gasteiger partial charge in [-0.3, -0.25) is 20.0 Å². The predicted molar refractivity (Wildman–Crippen MR) is 157 cm³/mol. The van der Waals surface area contributed by atoms with Gasteiger partial charge in [0.2, 0.25) is 5.82 Å². The lowest BCUT2D eigenvalue weighted by molar-refractivity contribution is -0.144. The summed E-state index contributed by atoms with van der Waals surface area (Å²) in [5.41, 5.74) is 2.39. The molecule has 0 amide bonds. The number of aromatic nitrogens is 5. The number of para-hydroxylation sites is 1. The molecule has 0 radical (unpaired) electrons. The molecule has 2 fully saturated rings. The minimum absolute atomic E-state index is 0.132. The maximum atomic E-state index is 16.0. The molecule has 4 aromatic rings. The van der Waals surface area contributed by atoms with E-state index in [9.17, 15) is 18.4 Å². The van der Waals surface area contributed by atoms with Crippen LogP contribution >= 0.6 is 11.6 Å². The lowest BCUT2D eigenvalue weighted by atomic mass is 9.87. The molecule has 1 aliphatic carbocycles. The van der Waals surface area contributed by atoms with Gasteiger partial charge in [-0.25, -0.2) is 9.37 Å². The highest BCUT2D eigenvalue weighted by Crippen LogP contribution is 2.50. The zero-order valence-electron chi connectivity index (χ0n) is 24.6. The number of fused-ring (bicyclic) bond motifs is 1. The Bertz CT molecular complexity index is 1820. The number of alkyl halides is 4. The highest BCUT2D eigenvalue weighted by molar-refractivity contribution is 6.30. The Morgan fingerprint density at radius 2 is 1.98 bits per heavy atom. The average molecular weight is 654 g/mol. The van der Waals surface area contributed by atoms with E-state index in [-0.39, 0.29) is 12.4 Å². The molecular weight excluding hydrogens is 626 g/mol. The summed E-state index contributed by atoms with van der Waals surface area (Å²) in [7, 11) is 0. The van der Waals surface area contributed by atoms with E-state index in [4.69, 9.17) is 21.1 Å². The van der Waals surface area contributed by atoms with Crippen molar-refractivity contribution >= 4 is 11.6 Å². The highest BCUT2D eigenvalue weighted by Gasteiger charge is 2.45. The second-order valence-corrected chi connectivity index (χ2v) is 12.7. The van der Waals surface area contributed by atoms with Gasteiger partial charge in [-0.05, 0) is 62.1 Å². The Kier molecular flexibility index (Phi) is 7.40. The second kappa shape index (κ2) is 11.2. The Hall–Kier alpha value is -4.28. The van der Waals surface area contributed by atoms with Crippen molar-refractivity contribution in [3.8, 4) is 29.0 Å². The third kappa shape index (κ3) is 5.76. The van der Waals surface area contributed by atoms with Gasteiger partial charge in [0.15, 0.2) is 17.3 Å². The number of benzene rings is 1. The fraction of sp³-hybridized carbons (Fsp3) is 0.406. The zero-order chi connectivity index (χ0) is 32.3. The number of nitriles is 1. The van der Waals surface area contributed by atoms with Gasteiger partial charge in [-0.2, -0.15) is 23.5 Å². The maximum Gasteiger partial charge on any atom is 0.451 e. The van der Waals surface area contributed by atoms with Crippen LogP contribution in [0.3, 0.4) is 0 Å². The molecule has 0 spiro atoms. The molecule has 14 heteroatoms. The molecule has 7 rings (SSSR count). The van der Waals surface area contributed by atoms with E-state index in [1.807, 2.05) is 22.1 Å². The van der Waals surface area contributed by atoms with Crippen molar-refractivity contribution in [3.05, 3.63) is 82.2 Å². The van der Waals surface area contributed by atoms with Gasteiger partial charge in [-0.15, -0.1) is 0 Å². The van der Waals surface area contributed by atoms with Crippen molar-refractivity contribution in [2.75, 3.05) is 13.1 Å². The normalized spacial score (nSPS) is 23.7. The van der Waals surface area contributed by atoms with Crippen molar-refractivity contribution in [3.63, 3.8) is 0 Å². The average Bonchev–Trinajstić information content (AvgIpc) is 3.42. The summed E-state index contributed by atoms with van der Waals surface area (Å²) in [4.78, 5) is 14.5. The molecule has 238 valence electrons. The number of hydrogen-bond acceptors (Lipinski definition) is 8. The molecule has 1 saturated carbocycles. The molecule has 46 heavy (non-hydrogen) atoms. The first-order valence-corrected chi connectivity index (χ1v) is 15.2. The molecule has 0 unspecified atom stereocenters. The number of pyridine rings is 2. The van der Waals surface area contributed by atoms with Crippen LogP contribution in [0.4, 0.5) is 17.6 Å². The number of aromatic amines is 1. The summed E-state index contributed by atoms with van der Waals surface area (Å²) in [5, 5.41) is 15.9. The van der Waals surface area contributed by atoms with E-state index in [0.717, 1.165) is 18.4 Å². The number of halogens is 5. The summed E-state index contributed by atoms with van der Waals surface area (Å²) in [6.45, 7) is 2.77. The Balaban J connectivity index is 1.09. The first-order chi connectivity index (χ1) is 22.0. The van der Waals surface area contributed by atoms with Crippen LogP contribution in [0.15, 0.2) is 48.8 Å². The van der Waals surface area contributed by atoms with E-state index in [1.54, 1.807) is 31.2 Å². The number of likely N-dealkylation sites (tertiary alicyclic amines) is 1. The first-order valence-electron chi connectivity index (χ1n) is 14.8. The Morgan fingerprint density at radius 1 is 1.15 bits per heavy atom. The molecule has 1 N–H and O–H groups in total. The van der Waals surface area contributed by atoms with Crippen LogP contribution in [0.1, 0.15) is 60.4 Å². The largest absolute Gasteiger partial charge is 0.451 e.